The highest BCUT2D eigenvalue weighted by Crippen LogP contribution is 2.30. The summed E-state index contributed by atoms with van der Waals surface area (Å²) in [6, 6.07) is 0. The Bertz CT molecular complexity index is 150. The van der Waals surface area contributed by atoms with Gasteiger partial charge in [-0.05, 0) is 26.7 Å². The molecule has 0 radical (unpaired) electrons. The number of rotatable bonds is 4. The molecule has 0 amide bonds. The van der Waals surface area contributed by atoms with Crippen LogP contribution in [0.1, 0.15) is 26.7 Å². The Hall–Kier alpha value is -0.570. The Balaban J connectivity index is 2.12. The summed E-state index contributed by atoms with van der Waals surface area (Å²) in [4.78, 5) is 11.1. The van der Waals surface area contributed by atoms with Gasteiger partial charge in [0.1, 0.15) is 0 Å². The molecule has 1 aliphatic carbocycles. The van der Waals surface area contributed by atoms with E-state index < -0.39 is 0 Å². The van der Waals surface area contributed by atoms with Gasteiger partial charge in [0.05, 0.1) is 18.6 Å². The van der Waals surface area contributed by atoms with Gasteiger partial charge >= 0.3 is 5.97 Å². The molecule has 0 aromatic heterocycles. The van der Waals surface area contributed by atoms with E-state index in [1.807, 2.05) is 13.8 Å². The maximum atomic E-state index is 11.1. The largest absolute Gasteiger partial charge is 0.466 e. The summed E-state index contributed by atoms with van der Waals surface area (Å²) >= 11 is 0. The zero-order valence-electron chi connectivity index (χ0n) is 7.71. The molecule has 3 heteroatoms. The first-order valence-corrected chi connectivity index (χ1v) is 4.56. The van der Waals surface area contributed by atoms with Crippen LogP contribution in [0, 0.1) is 5.92 Å². The fourth-order valence-corrected chi connectivity index (χ4v) is 1.39. The van der Waals surface area contributed by atoms with Gasteiger partial charge in [-0.25, -0.2) is 0 Å². The van der Waals surface area contributed by atoms with Gasteiger partial charge in [0.25, 0.3) is 0 Å². The lowest BCUT2D eigenvalue weighted by atomic mass is 9.82. The summed E-state index contributed by atoms with van der Waals surface area (Å²) in [5.74, 6) is 0.0370. The minimum Gasteiger partial charge on any atom is -0.466 e. The Labute approximate surface area is 73.0 Å². The molecular weight excluding hydrogens is 156 g/mol. The van der Waals surface area contributed by atoms with Gasteiger partial charge in [0.15, 0.2) is 0 Å². The molecule has 0 aliphatic heterocycles. The number of hydrogen-bond acceptors (Lipinski definition) is 3. The fraction of sp³-hybridized carbons (Fsp3) is 0.889. The molecule has 12 heavy (non-hydrogen) atoms. The summed E-state index contributed by atoms with van der Waals surface area (Å²) in [5, 5.41) is 0. The SMILES string of the molecule is CCOC(=O)C1CC(OCC)C1. The van der Waals surface area contributed by atoms with Crippen LogP contribution >= 0.6 is 0 Å². The predicted molar refractivity (Wildman–Crippen MR) is 44.8 cm³/mol. The molecule has 1 rings (SSSR count). The van der Waals surface area contributed by atoms with Crippen molar-refractivity contribution in [3.63, 3.8) is 0 Å². The number of esters is 1. The molecule has 0 N–H and O–H groups in total. The highest BCUT2D eigenvalue weighted by atomic mass is 16.5. The molecule has 70 valence electrons. The van der Waals surface area contributed by atoms with Crippen molar-refractivity contribution in [2.45, 2.75) is 32.8 Å². The minimum atomic E-state index is -0.0616. The summed E-state index contributed by atoms with van der Waals surface area (Å²) in [6.07, 6.45) is 1.98. The fourth-order valence-electron chi connectivity index (χ4n) is 1.39. The van der Waals surface area contributed by atoms with Gasteiger partial charge < -0.3 is 9.47 Å². The monoisotopic (exact) mass is 172 g/mol. The number of carbonyl (C=O) groups is 1. The van der Waals surface area contributed by atoms with Crippen molar-refractivity contribution in [3.8, 4) is 0 Å². The highest BCUT2D eigenvalue weighted by molar-refractivity contribution is 5.73. The molecule has 0 atom stereocenters. The van der Waals surface area contributed by atoms with Crippen LogP contribution in [-0.2, 0) is 14.3 Å². The topological polar surface area (TPSA) is 35.5 Å². The first-order valence-electron chi connectivity index (χ1n) is 4.56. The Morgan fingerprint density at radius 3 is 2.50 bits per heavy atom. The number of hydrogen-bond donors (Lipinski definition) is 0. The Morgan fingerprint density at radius 2 is 2.00 bits per heavy atom. The van der Waals surface area contributed by atoms with E-state index in [1.165, 1.54) is 0 Å². The zero-order valence-corrected chi connectivity index (χ0v) is 7.71. The standard InChI is InChI=1S/C9H16O3/c1-3-11-8-5-7(6-8)9(10)12-4-2/h7-8H,3-6H2,1-2H3. The van der Waals surface area contributed by atoms with Crippen LogP contribution < -0.4 is 0 Å². The smallest absolute Gasteiger partial charge is 0.309 e. The van der Waals surface area contributed by atoms with Gasteiger partial charge in [-0.3, -0.25) is 4.79 Å². The van der Waals surface area contributed by atoms with Crippen LogP contribution in [0.15, 0.2) is 0 Å². The van der Waals surface area contributed by atoms with Crippen molar-refractivity contribution in [1.29, 1.82) is 0 Å². The van der Waals surface area contributed by atoms with Crippen LogP contribution in [0.4, 0.5) is 0 Å². The molecule has 0 unspecified atom stereocenters. The molecule has 1 saturated carbocycles. The van der Waals surface area contributed by atoms with E-state index in [1.54, 1.807) is 0 Å². The molecule has 0 saturated heterocycles. The van der Waals surface area contributed by atoms with E-state index in [2.05, 4.69) is 0 Å². The Morgan fingerprint density at radius 1 is 1.33 bits per heavy atom. The average molecular weight is 172 g/mol. The highest BCUT2D eigenvalue weighted by Gasteiger charge is 2.35. The third kappa shape index (κ3) is 2.21. The van der Waals surface area contributed by atoms with Crippen LogP contribution in [0.5, 0.6) is 0 Å². The van der Waals surface area contributed by atoms with Crippen molar-refractivity contribution in [2.75, 3.05) is 13.2 Å². The van der Waals surface area contributed by atoms with E-state index in [9.17, 15) is 4.79 Å². The number of carbonyl (C=O) groups excluding carboxylic acids is 1. The molecule has 3 nitrogen and oxygen atoms in total. The van der Waals surface area contributed by atoms with E-state index >= 15 is 0 Å². The van der Waals surface area contributed by atoms with Gasteiger partial charge in [-0.1, -0.05) is 0 Å². The van der Waals surface area contributed by atoms with Crippen LogP contribution in [0.2, 0.25) is 0 Å². The third-order valence-corrected chi connectivity index (χ3v) is 2.12. The van der Waals surface area contributed by atoms with E-state index in [0.717, 1.165) is 19.4 Å². The second-order valence-electron chi connectivity index (χ2n) is 3.00. The third-order valence-electron chi connectivity index (χ3n) is 2.12. The maximum Gasteiger partial charge on any atom is 0.309 e. The average Bonchev–Trinajstić information content (AvgIpc) is 1.96. The summed E-state index contributed by atoms with van der Waals surface area (Å²) in [5.41, 5.74) is 0. The lowest BCUT2D eigenvalue weighted by Crippen LogP contribution is -2.37. The van der Waals surface area contributed by atoms with E-state index in [-0.39, 0.29) is 11.9 Å². The molecule has 0 heterocycles. The molecule has 0 aromatic carbocycles. The molecule has 0 aromatic rings. The maximum absolute atomic E-state index is 11.1. The van der Waals surface area contributed by atoms with Crippen molar-refractivity contribution < 1.29 is 14.3 Å². The first-order chi connectivity index (χ1) is 5.77. The van der Waals surface area contributed by atoms with Crippen molar-refractivity contribution >= 4 is 5.97 Å². The van der Waals surface area contributed by atoms with Crippen molar-refractivity contribution in [2.24, 2.45) is 5.92 Å². The van der Waals surface area contributed by atoms with Crippen molar-refractivity contribution in [1.82, 2.24) is 0 Å². The lowest BCUT2D eigenvalue weighted by molar-refractivity contribution is -0.157. The molecule has 0 bridgehead atoms. The molecule has 1 aliphatic rings. The predicted octanol–water partition coefficient (Wildman–Crippen LogP) is 1.36. The van der Waals surface area contributed by atoms with E-state index in [0.29, 0.717) is 12.7 Å². The second-order valence-corrected chi connectivity index (χ2v) is 3.00. The minimum absolute atomic E-state index is 0.0616. The molecular formula is C9H16O3. The Kier molecular flexibility index (Phi) is 3.53. The molecule has 1 fully saturated rings. The first kappa shape index (κ1) is 9.52. The summed E-state index contributed by atoms with van der Waals surface area (Å²) < 4.78 is 10.2. The second kappa shape index (κ2) is 4.45. The summed E-state index contributed by atoms with van der Waals surface area (Å²) in [7, 11) is 0. The van der Waals surface area contributed by atoms with Crippen LogP contribution in [0.25, 0.3) is 0 Å². The quantitative estimate of drug-likeness (QED) is 0.601. The normalized spacial score (nSPS) is 27.8. The summed E-state index contributed by atoms with van der Waals surface area (Å²) in [6.45, 7) is 5.02. The van der Waals surface area contributed by atoms with Crippen LogP contribution in [0.3, 0.4) is 0 Å². The van der Waals surface area contributed by atoms with Gasteiger partial charge in [0.2, 0.25) is 0 Å². The van der Waals surface area contributed by atoms with Crippen molar-refractivity contribution in [3.05, 3.63) is 0 Å². The number of ether oxygens (including phenoxy) is 2. The lowest BCUT2D eigenvalue weighted by Gasteiger charge is -2.32. The van der Waals surface area contributed by atoms with Gasteiger partial charge in [-0.2, -0.15) is 0 Å². The van der Waals surface area contributed by atoms with Gasteiger partial charge in [0, 0.05) is 6.61 Å². The van der Waals surface area contributed by atoms with Crippen LogP contribution in [-0.4, -0.2) is 25.3 Å². The van der Waals surface area contributed by atoms with Gasteiger partial charge in [-0.15, -0.1) is 0 Å². The molecule has 0 spiro atoms. The zero-order chi connectivity index (χ0) is 8.97. The van der Waals surface area contributed by atoms with E-state index in [4.69, 9.17) is 9.47 Å².